The van der Waals surface area contributed by atoms with Gasteiger partial charge in [-0.25, -0.2) is 13.1 Å². The Labute approximate surface area is 95.7 Å². The van der Waals surface area contributed by atoms with Crippen LogP contribution in [0.5, 0.6) is 0 Å². The number of aliphatic carboxylic acids is 1. The number of carboxylic acids is 1. The molecule has 1 atom stereocenters. The van der Waals surface area contributed by atoms with Gasteiger partial charge < -0.3 is 10.2 Å². The molecule has 0 spiro atoms. The topological polar surface area (TPSA) is 104 Å². The van der Waals surface area contributed by atoms with Crippen LogP contribution in [0.1, 0.15) is 27.2 Å². The van der Waals surface area contributed by atoms with Crippen LogP contribution in [0.4, 0.5) is 0 Å². The van der Waals surface area contributed by atoms with E-state index in [9.17, 15) is 13.2 Å². The number of hydrogen-bond acceptors (Lipinski definition) is 4. The van der Waals surface area contributed by atoms with Crippen molar-refractivity contribution in [3.8, 4) is 0 Å². The third kappa shape index (κ3) is 6.76. The molecule has 3 N–H and O–H groups in total. The molecule has 96 valence electrons. The molecule has 0 bridgehead atoms. The lowest BCUT2D eigenvalue weighted by molar-refractivity contribution is -0.139. The molecule has 0 rings (SSSR count). The van der Waals surface area contributed by atoms with Crippen molar-refractivity contribution in [1.82, 2.24) is 4.72 Å². The number of aliphatic hydroxyl groups is 1. The van der Waals surface area contributed by atoms with Gasteiger partial charge in [-0.3, -0.25) is 4.79 Å². The van der Waals surface area contributed by atoms with Crippen LogP contribution in [-0.4, -0.2) is 43.0 Å². The summed E-state index contributed by atoms with van der Waals surface area (Å²) < 4.78 is 25.2. The maximum Gasteiger partial charge on any atom is 0.321 e. The number of rotatable bonds is 6. The summed E-state index contributed by atoms with van der Waals surface area (Å²) in [6.45, 7) is 4.85. The normalized spacial score (nSPS) is 14.8. The second-order valence-electron chi connectivity index (χ2n) is 4.84. The van der Waals surface area contributed by atoms with Gasteiger partial charge in [0.25, 0.3) is 0 Å². The summed E-state index contributed by atoms with van der Waals surface area (Å²) in [4.78, 5) is 10.7. The van der Waals surface area contributed by atoms with Gasteiger partial charge in [0, 0.05) is 6.61 Å². The van der Waals surface area contributed by atoms with Gasteiger partial charge in [-0.2, -0.15) is 0 Å². The van der Waals surface area contributed by atoms with E-state index in [2.05, 4.69) is 4.72 Å². The Balaban J connectivity index is 4.61. The molecule has 0 saturated heterocycles. The van der Waals surface area contributed by atoms with E-state index in [1.807, 2.05) is 0 Å². The molecule has 0 aliphatic heterocycles. The molecular formula is C9H19NO5S. The zero-order chi connectivity index (χ0) is 13.0. The number of sulfonamides is 1. The first kappa shape index (κ1) is 15.3. The fraction of sp³-hybridized carbons (Fsp3) is 0.889. The highest BCUT2D eigenvalue weighted by Gasteiger charge is 2.27. The molecule has 0 aromatic carbocycles. The van der Waals surface area contributed by atoms with Crippen LogP contribution in [0.15, 0.2) is 0 Å². The summed E-state index contributed by atoms with van der Waals surface area (Å²) in [5.41, 5.74) is -0.450. The number of aliphatic hydroxyl groups excluding tert-OH is 1. The van der Waals surface area contributed by atoms with E-state index in [-0.39, 0.29) is 18.8 Å². The molecule has 0 aromatic rings. The molecule has 1 unspecified atom stereocenters. The minimum absolute atomic E-state index is 0.140. The lowest BCUT2D eigenvalue weighted by atomic mass is 10.0. The first-order valence-electron chi connectivity index (χ1n) is 4.91. The summed E-state index contributed by atoms with van der Waals surface area (Å²) in [6.07, 6.45) is -0.140. The highest BCUT2D eigenvalue weighted by molar-refractivity contribution is 7.89. The van der Waals surface area contributed by atoms with Crippen molar-refractivity contribution < 1.29 is 23.4 Å². The van der Waals surface area contributed by atoms with Crippen molar-refractivity contribution in [3.05, 3.63) is 0 Å². The third-order valence-electron chi connectivity index (χ3n) is 1.66. The Morgan fingerprint density at radius 3 is 2.19 bits per heavy atom. The molecule has 0 aliphatic rings. The van der Waals surface area contributed by atoms with Gasteiger partial charge in [0.1, 0.15) is 6.04 Å². The van der Waals surface area contributed by atoms with E-state index < -0.39 is 27.4 Å². The van der Waals surface area contributed by atoms with E-state index in [1.54, 1.807) is 20.8 Å². The van der Waals surface area contributed by atoms with Crippen molar-refractivity contribution in [2.75, 3.05) is 12.4 Å². The number of hydrogen-bond donors (Lipinski definition) is 3. The highest BCUT2D eigenvalue weighted by Crippen LogP contribution is 2.15. The van der Waals surface area contributed by atoms with Crippen molar-refractivity contribution in [3.63, 3.8) is 0 Å². The molecule has 0 aliphatic carbocycles. The second-order valence-corrected chi connectivity index (χ2v) is 6.59. The fourth-order valence-electron chi connectivity index (χ4n) is 1.19. The predicted octanol–water partition coefficient (Wildman–Crippen LogP) is -0.212. The monoisotopic (exact) mass is 253 g/mol. The van der Waals surface area contributed by atoms with Crippen LogP contribution in [0.2, 0.25) is 0 Å². The quantitative estimate of drug-likeness (QED) is 0.607. The molecule has 0 heterocycles. The lowest BCUT2D eigenvalue weighted by Gasteiger charge is -2.20. The fourth-order valence-corrected chi connectivity index (χ4v) is 3.07. The minimum atomic E-state index is -3.65. The van der Waals surface area contributed by atoms with Crippen LogP contribution in [0.25, 0.3) is 0 Å². The zero-order valence-electron chi connectivity index (χ0n) is 9.73. The molecular weight excluding hydrogens is 234 g/mol. The Hall–Kier alpha value is -0.660. The lowest BCUT2D eigenvalue weighted by Crippen LogP contribution is -2.44. The van der Waals surface area contributed by atoms with E-state index >= 15 is 0 Å². The summed E-state index contributed by atoms with van der Waals surface area (Å²) in [5, 5.41) is 17.3. The molecule has 7 heteroatoms. The molecule has 16 heavy (non-hydrogen) atoms. The summed E-state index contributed by atoms with van der Waals surface area (Å²) in [6, 6.07) is -1.27. The number of carbonyl (C=O) groups is 1. The van der Waals surface area contributed by atoms with Gasteiger partial charge >= 0.3 is 5.97 Å². The van der Waals surface area contributed by atoms with Gasteiger partial charge in [0.05, 0.1) is 5.75 Å². The van der Waals surface area contributed by atoms with Crippen molar-refractivity contribution >= 4 is 16.0 Å². The Morgan fingerprint density at radius 2 is 1.88 bits per heavy atom. The summed E-state index contributed by atoms with van der Waals surface area (Å²) in [7, 11) is -3.65. The van der Waals surface area contributed by atoms with Crippen LogP contribution in [0, 0.1) is 5.41 Å². The molecule has 6 nitrogen and oxygen atoms in total. The van der Waals surface area contributed by atoms with Crippen molar-refractivity contribution in [2.24, 2.45) is 5.41 Å². The zero-order valence-corrected chi connectivity index (χ0v) is 10.5. The molecule has 0 amide bonds. The second kappa shape index (κ2) is 5.60. The van der Waals surface area contributed by atoms with Gasteiger partial charge in [0.2, 0.25) is 10.0 Å². The highest BCUT2D eigenvalue weighted by atomic mass is 32.2. The molecule has 0 fully saturated rings. The number of carboxylic acid groups (broad SMARTS) is 1. The Bertz CT molecular complexity index is 330. The van der Waals surface area contributed by atoms with E-state index in [0.29, 0.717) is 0 Å². The standard InChI is InChI=1S/C9H19NO5S/c1-9(2,3)6-16(14,15)10-7(4-5-11)8(12)13/h7,10-11H,4-6H2,1-3H3,(H,12,13). The number of nitrogens with one attached hydrogen (secondary N) is 1. The first-order chi connectivity index (χ1) is 7.07. The smallest absolute Gasteiger partial charge is 0.321 e. The van der Waals surface area contributed by atoms with Gasteiger partial charge in [-0.1, -0.05) is 20.8 Å². The average molecular weight is 253 g/mol. The maximum atomic E-state index is 11.6. The summed E-state index contributed by atoms with van der Waals surface area (Å²) in [5.74, 6) is -1.44. The van der Waals surface area contributed by atoms with E-state index in [4.69, 9.17) is 10.2 Å². The third-order valence-corrected chi connectivity index (χ3v) is 3.55. The molecule has 0 radical (unpaired) electrons. The van der Waals surface area contributed by atoms with Crippen LogP contribution >= 0.6 is 0 Å². The van der Waals surface area contributed by atoms with Crippen LogP contribution < -0.4 is 4.72 Å². The van der Waals surface area contributed by atoms with Crippen molar-refractivity contribution in [2.45, 2.75) is 33.2 Å². The molecule has 0 aromatic heterocycles. The largest absolute Gasteiger partial charge is 0.480 e. The SMILES string of the molecule is CC(C)(C)CS(=O)(=O)NC(CCO)C(=O)O. The Kier molecular flexibility index (Phi) is 5.37. The van der Waals surface area contributed by atoms with Gasteiger partial charge in [-0.05, 0) is 11.8 Å². The first-order valence-corrected chi connectivity index (χ1v) is 6.56. The van der Waals surface area contributed by atoms with Crippen molar-refractivity contribution in [1.29, 1.82) is 0 Å². The minimum Gasteiger partial charge on any atom is -0.480 e. The van der Waals surface area contributed by atoms with Crippen LogP contribution in [0.3, 0.4) is 0 Å². The van der Waals surface area contributed by atoms with E-state index in [1.165, 1.54) is 0 Å². The van der Waals surface area contributed by atoms with Gasteiger partial charge in [-0.15, -0.1) is 0 Å². The van der Waals surface area contributed by atoms with Gasteiger partial charge in [0.15, 0.2) is 0 Å². The maximum absolute atomic E-state index is 11.6. The van der Waals surface area contributed by atoms with Crippen LogP contribution in [-0.2, 0) is 14.8 Å². The molecule has 0 saturated carbocycles. The predicted molar refractivity (Wildman–Crippen MR) is 59.5 cm³/mol. The average Bonchev–Trinajstić information content (AvgIpc) is 1.97. The Morgan fingerprint density at radius 1 is 1.38 bits per heavy atom. The van der Waals surface area contributed by atoms with E-state index in [0.717, 1.165) is 0 Å². The summed E-state index contributed by atoms with van der Waals surface area (Å²) >= 11 is 0.